The number of aromatic amines is 1. The van der Waals surface area contributed by atoms with Crippen molar-refractivity contribution in [2.45, 2.75) is 45.3 Å². The topological polar surface area (TPSA) is 58.2 Å². The van der Waals surface area contributed by atoms with Crippen molar-refractivity contribution in [1.82, 2.24) is 14.9 Å². The lowest BCUT2D eigenvalue weighted by Crippen LogP contribution is -2.36. The number of rotatable bonds is 2. The Morgan fingerprint density at radius 1 is 1.18 bits per heavy atom. The maximum Gasteiger partial charge on any atom is 0.410 e. The van der Waals surface area contributed by atoms with Crippen LogP contribution in [0.4, 0.5) is 4.79 Å². The van der Waals surface area contributed by atoms with E-state index in [1.807, 2.05) is 39.0 Å². The summed E-state index contributed by atoms with van der Waals surface area (Å²) in [6, 6.07) is 14.4. The van der Waals surface area contributed by atoms with Gasteiger partial charge < -0.3 is 9.72 Å². The van der Waals surface area contributed by atoms with Gasteiger partial charge in [-0.25, -0.2) is 9.78 Å². The van der Waals surface area contributed by atoms with E-state index in [4.69, 9.17) is 9.72 Å². The summed E-state index contributed by atoms with van der Waals surface area (Å²) in [5, 5.41) is 0. The molecule has 0 aliphatic carbocycles. The van der Waals surface area contributed by atoms with E-state index in [1.54, 1.807) is 4.90 Å². The van der Waals surface area contributed by atoms with Crippen LogP contribution in [0, 0.1) is 0 Å². The van der Waals surface area contributed by atoms with Gasteiger partial charge >= 0.3 is 6.09 Å². The van der Waals surface area contributed by atoms with Crippen molar-refractivity contribution >= 4 is 33.1 Å². The molecule has 0 bridgehead atoms. The van der Waals surface area contributed by atoms with Crippen molar-refractivity contribution < 1.29 is 9.53 Å². The molecule has 1 aliphatic rings. The third-order valence-electron chi connectivity index (χ3n) is 4.87. The zero-order chi connectivity index (χ0) is 19.9. The Labute approximate surface area is 173 Å². The molecule has 1 aromatic heterocycles. The Bertz CT molecular complexity index is 1000. The molecule has 1 aliphatic heterocycles. The number of halogens is 1. The van der Waals surface area contributed by atoms with E-state index in [9.17, 15) is 4.79 Å². The zero-order valence-electron chi connectivity index (χ0n) is 16.3. The van der Waals surface area contributed by atoms with Crippen LogP contribution < -0.4 is 0 Å². The van der Waals surface area contributed by atoms with Gasteiger partial charge in [0.15, 0.2) is 0 Å². The van der Waals surface area contributed by atoms with Gasteiger partial charge in [0.1, 0.15) is 11.4 Å². The van der Waals surface area contributed by atoms with Crippen LogP contribution in [0.15, 0.2) is 46.9 Å². The molecule has 5 nitrogen and oxygen atoms in total. The number of benzene rings is 2. The molecule has 0 saturated carbocycles. The zero-order valence-corrected chi connectivity index (χ0v) is 17.9. The van der Waals surface area contributed by atoms with Crippen molar-refractivity contribution in [2.75, 3.05) is 6.54 Å². The minimum absolute atomic E-state index is 0.0709. The van der Waals surface area contributed by atoms with E-state index in [0.29, 0.717) is 6.54 Å². The van der Waals surface area contributed by atoms with Crippen molar-refractivity contribution in [3.8, 4) is 11.1 Å². The molecule has 1 N–H and O–H groups in total. The standard InChI is InChI=1S/C22H24BrN3O2/c1-22(2,3)28-21(27)26-12-4-5-19(26)20-24-17-11-8-15(13-18(17)25-20)14-6-9-16(23)10-7-14/h6-11,13,19H,4-5,12H2,1-3H3,(H,24,25)/t19-/m0/s1. The Morgan fingerprint density at radius 3 is 2.61 bits per heavy atom. The minimum atomic E-state index is -0.502. The molecule has 4 rings (SSSR count). The number of aromatic nitrogens is 2. The molecular weight excluding hydrogens is 418 g/mol. The first-order valence-corrected chi connectivity index (χ1v) is 10.3. The molecule has 2 heterocycles. The maximum atomic E-state index is 12.6. The largest absolute Gasteiger partial charge is 0.444 e. The van der Waals surface area contributed by atoms with Crippen LogP contribution in [0.1, 0.15) is 45.5 Å². The van der Waals surface area contributed by atoms with Gasteiger partial charge in [-0.3, -0.25) is 4.90 Å². The summed E-state index contributed by atoms with van der Waals surface area (Å²) >= 11 is 3.48. The second kappa shape index (κ2) is 7.24. The highest BCUT2D eigenvalue weighted by molar-refractivity contribution is 9.10. The highest BCUT2D eigenvalue weighted by Gasteiger charge is 2.34. The molecule has 0 spiro atoms. The van der Waals surface area contributed by atoms with E-state index < -0.39 is 5.60 Å². The summed E-state index contributed by atoms with van der Waals surface area (Å²) in [5.74, 6) is 0.825. The Morgan fingerprint density at radius 2 is 1.89 bits per heavy atom. The van der Waals surface area contributed by atoms with Crippen LogP contribution in [0.2, 0.25) is 0 Å². The average Bonchev–Trinajstić information content (AvgIpc) is 3.27. The maximum absolute atomic E-state index is 12.6. The number of hydrogen-bond acceptors (Lipinski definition) is 3. The summed E-state index contributed by atoms with van der Waals surface area (Å²) in [6.45, 7) is 6.36. The summed E-state index contributed by atoms with van der Waals surface area (Å²) in [5.41, 5.74) is 3.67. The average molecular weight is 442 g/mol. The van der Waals surface area contributed by atoms with Crippen molar-refractivity contribution in [2.24, 2.45) is 0 Å². The first kappa shape index (κ1) is 19.0. The molecule has 2 aromatic carbocycles. The number of hydrogen-bond donors (Lipinski definition) is 1. The number of nitrogens with one attached hydrogen (secondary N) is 1. The predicted molar refractivity (Wildman–Crippen MR) is 114 cm³/mol. The Kier molecular flexibility index (Phi) is 4.91. The van der Waals surface area contributed by atoms with Gasteiger partial charge in [-0.1, -0.05) is 34.1 Å². The van der Waals surface area contributed by atoms with Gasteiger partial charge in [-0.15, -0.1) is 0 Å². The van der Waals surface area contributed by atoms with Gasteiger partial charge in [0, 0.05) is 11.0 Å². The quantitative estimate of drug-likeness (QED) is 0.525. The predicted octanol–water partition coefficient (Wildman–Crippen LogP) is 6.06. The lowest BCUT2D eigenvalue weighted by atomic mass is 10.1. The molecule has 0 radical (unpaired) electrons. The number of nitrogens with zero attached hydrogens (tertiary/aromatic N) is 2. The van der Waals surface area contributed by atoms with Crippen LogP contribution in [0.3, 0.4) is 0 Å². The van der Waals surface area contributed by atoms with Crippen LogP contribution in [0.25, 0.3) is 22.2 Å². The third kappa shape index (κ3) is 3.92. The van der Waals surface area contributed by atoms with Gasteiger partial charge in [0.25, 0.3) is 0 Å². The molecular formula is C22H24BrN3O2. The second-order valence-electron chi connectivity index (χ2n) is 8.19. The second-order valence-corrected chi connectivity index (χ2v) is 9.11. The van der Waals surface area contributed by atoms with Gasteiger partial charge in [0.05, 0.1) is 17.1 Å². The van der Waals surface area contributed by atoms with Gasteiger partial charge in [-0.05, 0) is 69.0 Å². The Hall–Kier alpha value is -2.34. The number of likely N-dealkylation sites (tertiary alicyclic amines) is 1. The van der Waals surface area contributed by atoms with E-state index in [0.717, 1.165) is 45.3 Å². The number of imidazole rings is 1. The van der Waals surface area contributed by atoms with E-state index >= 15 is 0 Å². The van der Waals surface area contributed by atoms with Crippen molar-refractivity contribution in [3.05, 3.63) is 52.8 Å². The first-order valence-electron chi connectivity index (χ1n) is 9.55. The number of amides is 1. The lowest BCUT2D eigenvalue weighted by Gasteiger charge is -2.27. The highest BCUT2D eigenvalue weighted by Crippen LogP contribution is 2.33. The molecule has 0 unspecified atom stereocenters. The number of carbonyl (C=O) groups is 1. The number of carbonyl (C=O) groups excluding carboxylic acids is 1. The summed E-state index contributed by atoms with van der Waals surface area (Å²) in [7, 11) is 0. The molecule has 1 amide bonds. The third-order valence-corrected chi connectivity index (χ3v) is 5.40. The first-order chi connectivity index (χ1) is 13.3. The van der Waals surface area contributed by atoms with Crippen LogP contribution in [-0.2, 0) is 4.74 Å². The van der Waals surface area contributed by atoms with Crippen LogP contribution in [0.5, 0.6) is 0 Å². The van der Waals surface area contributed by atoms with Gasteiger partial charge in [-0.2, -0.15) is 0 Å². The Balaban J connectivity index is 1.62. The molecule has 1 saturated heterocycles. The number of ether oxygens (including phenoxy) is 1. The lowest BCUT2D eigenvalue weighted by molar-refractivity contribution is 0.0219. The summed E-state index contributed by atoms with van der Waals surface area (Å²) < 4.78 is 6.64. The van der Waals surface area contributed by atoms with Crippen LogP contribution in [-0.4, -0.2) is 33.1 Å². The smallest absolute Gasteiger partial charge is 0.410 e. The van der Waals surface area contributed by atoms with E-state index in [2.05, 4.69) is 45.2 Å². The highest BCUT2D eigenvalue weighted by atomic mass is 79.9. The van der Waals surface area contributed by atoms with Crippen molar-refractivity contribution in [1.29, 1.82) is 0 Å². The van der Waals surface area contributed by atoms with Crippen molar-refractivity contribution in [3.63, 3.8) is 0 Å². The normalized spacial score (nSPS) is 17.3. The number of H-pyrrole nitrogens is 1. The molecule has 28 heavy (non-hydrogen) atoms. The molecule has 3 aromatic rings. The molecule has 146 valence electrons. The minimum Gasteiger partial charge on any atom is -0.444 e. The molecule has 1 atom stereocenters. The fourth-order valence-corrected chi connectivity index (χ4v) is 3.86. The van der Waals surface area contributed by atoms with E-state index in [1.165, 1.54) is 0 Å². The fraction of sp³-hybridized carbons (Fsp3) is 0.364. The molecule has 1 fully saturated rings. The van der Waals surface area contributed by atoms with E-state index in [-0.39, 0.29) is 12.1 Å². The molecule has 6 heteroatoms. The monoisotopic (exact) mass is 441 g/mol. The SMILES string of the molecule is CC(C)(C)OC(=O)N1CCC[C@H]1c1nc2ccc(-c3ccc(Br)cc3)cc2[nH]1. The van der Waals surface area contributed by atoms with Gasteiger partial charge in [0.2, 0.25) is 0 Å². The summed E-state index contributed by atoms with van der Waals surface area (Å²) in [4.78, 5) is 22.6. The summed E-state index contributed by atoms with van der Waals surface area (Å²) in [6.07, 6.45) is 1.56. The number of fused-ring (bicyclic) bond motifs is 1. The fourth-order valence-electron chi connectivity index (χ4n) is 3.60. The van der Waals surface area contributed by atoms with Crippen LogP contribution >= 0.6 is 15.9 Å².